The van der Waals surface area contributed by atoms with E-state index >= 15 is 0 Å². The Morgan fingerprint density at radius 2 is 1.73 bits per heavy atom. The van der Waals surface area contributed by atoms with Gasteiger partial charge >= 0.3 is 0 Å². The van der Waals surface area contributed by atoms with Gasteiger partial charge in [0.15, 0.2) is 0 Å². The number of amides is 2. The Kier molecular flexibility index (Phi) is 5.76. The Hall–Kier alpha value is -2.99. The Balaban J connectivity index is 1.46. The monoisotopic (exact) mass is 365 g/mol. The Morgan fingerprint density at radius 3 is 2.38 bits per heavy atom. The van der Waals surface area contributed by atoms with Crippen molar-refractivity contribution < 1.29 is 9.59 Å². The quantitative estimate of drug-likeness (QED) is 0.705. The summed E-state index contributed by atoms with van der Waals surface area (Å²) < 4.78 is 0. The summed E-state index contributed by atoms with van der Waals surface area (Å²) in [6, 6.07) is 16.7. The van der Waals surface area contributed by atoms with Gasteiger partial charge in [0.1, 0.15) is 5.01 Å². The standard InChI is InChI=1S/C20H19N3O2S/c1-14-13-26-20(23-14)17-9-7-15(8-10-17)11-21-18(24)12-22-19(25)16-5-3-2-4-6-16/h2-10,13H,11-12H2,1H3,(H,21,24)(H,22,25). The molecular weight excluding hydrogens is 346 g/mol. The van der Waals surface area contributed by atoms with Crippen molar-refractivity contribution in [2.45, 2.75) is 13.5 Å². The molecule has 3 rings (SSSR count). The van der Waals surface area contributed by atoms with Crippen LogP contribution in [-0.2, 0) is 11.3 Å². The van der Waals surface area contributed by atoms with E-state index in [9.17, 15) is 9.59 Å². The predicted octanol–water partition coefficient (Wildman–Crippen LogP) is 3.16. The molecule has 0 unspecified atom stereocenters. The van der Waals surface area contributed by atoms with Gasteiger partial charge in [-0.2, -0.15) is 0 Å². The summed E-state index contributed by atoms with van der Waals surface area (Å²) in [5.74, 6) is -0.488. The van der Waals surface area contributed by atoms with Gasteiger partial charge in [-0.05, 0) is 24.6 Å². The predicted molar refractivity (Wildman–Crippen MR) is 103 cm³/mol. The van der Waals surface area contributed by atoms with Crippen molar-refractivity contribution in [2.24, 2.45) is 0 Å². The highest BCUT2D eigenvalue weighted by Crippen LogP contribution is 2.23. The van der Waals surface area contributed by atoms with Crippen LogP contribution in [0.5, 0.6) is 0 Å². The van der Waals surface area contributed by atoms with E-state index in [0.717, 1.165) is 21.8 Å². The van der Waals surface area contributed by atoms with E-state index in [1.165, 1.54) is 0 Å². The minimum absolute atomic E-state index is 0.0514. The number of aromatic nitrogens is 1. The zero-order valence-electron chi connectivity index (χ0n) is 14.4. The summed E-state index contributed by atoms with van der Waals surface area (Å²) in [4.78, 5) is 28.3. The summed E-state index contributed by atoms with van der Waals surface area (Å²) >= 11 is 1.61. The number of thiazole rings is 1. The molecular formula is C20H19N3O2S. The van der Waals surface area contributed by atoms with E-state index in [4.69, 9.17) is 0 Å². The normalized spacial score (nSPS) is 10.3. The van der Waals surface area contributed by atoms with Crippen LogP contribution in [0.3, 0.4) is 0 Å². The van der Waals surface area contributed by atoms with Gasteiger partial charge in [-0.1, -0.05) is 42.5 Å². The molecule has 0 saturated carbocycles. The maximum Gasteiger partial charge on any atom is 0.251 e. The van der Waals surface area contributed by atoms with Crippen molar-refractivity contribution in [3.05, 3.63) is 76.8 Å². The first-order chi connectivity index (χ1) is 12.6. The third-order valence-electron chi connectivity index (χ3n) is 3.76. The first-order valence-electron chi connectivity index (χ1n) is 8.23. The second-order valence-electron chi connectivity index (χ2n) is 5.82. The molecule has 1 aromatic heterocycles. The number of aryl methyl sites for hydroxylation is 1. The van der Waals surface area contributed by atoms with Crippen molar-refractivity contribution in [2.75, 3.05) is 6.54 Å². The van der Waals surface area contributed by atoms with Crippen LogP contribution < -0.4 is 10.6 Å². The molecule has 0 fully saturated rings. The van der Waals surface area contributed by atoms with Crippen LogP contribution in [0.4, 0.5) is 0 Å². The molecule has 3 aromatic rings. The molecule has 0 atom stereocenters. The van der Waals surface area contributed by atoms with Crippen LogP contribution in [0.2, 0.25) is 0 Å². The lowest BCUT2D eigenvalue weighted by atomic mass is 10.1. The lowest BCUT2D eigenvalue weighted by molar-refractivity contribution is -0.120. The molecule has 2 amide bonds. The maximum atomic E-state index is 11.9. The molecule has 0 aliphatic rings. The fourth-order valence-corrected chi connectivity index (χ4v) is 3.17. The fraction of sp³-hybridized carbons (Fsp3) is 0.150. The maximum absolute atomic E-state index is 11.9. The van der Waals surface area contributed by atoms with E-state index in [1.807, 2.05) is 42.6 Å². The van der Waals surface area contributed by atoms with Gasteiger partial charge in [-0.15, -0.1) is 11.3 Å². The SMILES string of the molecule is Cc1csc(-c2ccc(CNC(=O)CNC(=O)c3ccccc3)cc2)n1. The number of carbonyl (C=O) groups excluding carboxylic acids is 2. The summed E-state index contributed by atoms with van der Waals surface area (Å²) in [5.41, 5.74) is 3.60. The van der Waals surface area contributed by atoms with Crippen LogP contribution in [-0.4, -0.2) is 23.3 Å². The third kappa shape index (κ3) is 4.77. The van der Waals surface area contributed by atoms with Gasteiger partial charge in [0.25, 0.3) is 5.91 Å². The van der Waals surface area contributed by atoms with Crippen LogP contribution in [0.25, 0.3) is 10.6 Å². The molecule has 1 heterocycles. The average molecular weight is 365 g/mol. The summed E-state index contributed by atoms with van der Waals surface area (Å²) in [6.45, 7) is 2.34. The highest BCUT2D eigenvalue weighted by molar-refractivity contribution is 7.13. The molecule has 0 bridgehead atoms. The van der Waals surface area contributed by atoms with Crippen molar-refractivity contribution in [1.82, 2.24) is 15.6 Å². The molecule has 6 heteroatoms. The van der Waals surface area contributed by atoms with E-state index in [-0.39, 0.29) is 18.4 Å². The van der Waals surface area contributed by atoms with Crippen LogP contribution in [0.1, 0.15) is 21.6 Å². The molecule has 0 spiro atoms. The van der Waals surface area contributed by atoms with Crippen molar-refractivity contribution in [3.8, 4) is 10.6 Å². The minimum atomic E-state index is -0.260. The summed E-state index contributed by atoms with van der Waals surface area (Å²) in [7, 11) is 0. The Labute approximate surface area is 156 Å². The van der Waals surface area contributed by atoms with Crippen molar-refractivity contribution in [1.29, 1.82) is 0 Å². The summed E-state index contributed by atoms with van der Waals surface area (Å²) in [5, 5.41) is 8.42. The molecule has 132 valence electrons. The van der Waals surface area contributed by atoms with E-state index < -0.39 is 0 Å². The number of carbonyl (C=O) groups is 2. The molecule has 0 aliphatic heterocycles. The molecule has 5 nitrogen and oxygen atoms in total. The van der Waals surface area contributed by atoms with E-state index in [2.05, 4.69) is 15.6 Å². The number of nitrogens with zero attached hydrogens (tertiary/aromatic N) is 1. The van der Waals surface area contributed by atoms with Crippen LogP contribution in [0.15, 0.2) is 60.0 Å². The molecule has 0 aliphatic carbocycles. The average Bonchev–Trinajstić information content (AvgIpc) is 3.12. The van der Waals surface area contributed by atoms with Crippen molar-refractivity contribution >= 4 is 23.2 Å². The van der Waals surface area contributed by atoms with Gasteiger partial charge in [0.05, 0.1) is 6.54 Å². The van der Waals surface area contributed by atoms with Gasteiger partial charge in [-0.25, -0.2) is 4.98 Å². The zero-order valence-corrected chi connectivity index (χ0v) is 15.2. The van der Waals surface area contributed by atoms with Gasteiger partial charge < -0.3 is 10.6 Å². The number of hydrogen-bond acceptors (Lipinski definition) is 4. The van der Waals surface area contributed by atoms with Gasteiger partial charge in [0, 0.05) is 28.7 Å². The molecule has 0 radical (unpaired) electrons. The third-order valence-corrected chi connectivity index (χ3v) is 4.76. The summed E-state index contributed by atoms with van der Waals surface area (Å²) in [6.07, 6.45) is 0. The minimum Gasteiger partial charge on any atom is -0.350 e. The number of hydrogen-bond donors (Lipinski definition) is 2. The Bertz CT molecular complexity index is 889. The van der Waals surface area contributed by atoms with Gasteiger partial charge in [-0.3, -0.25) is 9.59 Å². The first kappa shape index (κ1) is 17.8. The Morgan fingerprint density at radius 1 is 1.00 bits per heavy atom. The first-order valence-corrected chi connectivity index (χ1v) is 9.11. The number of rotatable bonds is 6. The molecule has 26 heavy (non-hydrogen) atoms. The number of nitrogens with one attached hydrogen (secondary N) is 2. The van der Waals surface area contributed by atoms with Crippen LogP contribution >= 0.6 is 11.3 Å². The highest BCUT2D eigenvalue weighted by Gasteiger charge is 2.07. The van der Waals surface area contributed by atoms with E-state index in [0.29, 0.717) is 12.1 Å². The molecule has 0 saturated heterocycles. The fourth-order valence-electron chi connectivity index (χ4n) is 2.37. The lowest BCUT2D eigenvalue weighted by Gasteiger charge is -2.07. The molecule has 2 N–H and O–H groups in total. The number of benzene rings is 2. The van der Waals surface area contributed by atoms with Gasteiger partial charge in [0.2, 0.25) is 5.91 Å². The van der Waals surface area contributed by atoms with E-state index in [1.54, 1.807) is 35.6 Å². The van der Waals surface area contributed by atoms with Crippen molar-refractivity contribution in [3.63, 3.8) is 0 Å². The lowest BCUT2D eigenvalue weighted by Crippen LogP contribution is -2.36. The second kappa shape index (κ2) is 8.40. The second-order valence-corrected chi connectivity index (χ2v) is 6.67. The highest BCUT2D eigenvalue weighted by atomic mass is 32.1. The topological polar surface area (TPSA) is 71.1 Å². The smallest absolute Gasteiger partial charge is 0.251 e. The zero-order chi connectivity index (χ0) is 18.4. The van der Waals surface area contributed by atoms with Crippen LogP contribution in [0, 0.1) is 6.92 Å². The molecule has 2 aromatic carbocycles. The largest absolute Gasteiger partial charge is 0.350 e.